The van der Waals surface area contributed by atoms with Crippen molar-refractivity contribution < 1.29 is 26.4 Å². The number of rotatable bonds is 3. The van der Waals surface area contributed by atoms with Gasteiger partial charge in [-0.05, 0) is 11.6 Å². The second-order valence-corrected chi connectivity index (χ2v) is 4.84. The Hall–Kier alpha value is -1.74. The topological polar surface area (TPSA) is 20.1 Å². The van der Waals surface area contributed by atoms with E-state index < -0.39 is 0 Å². The fourth-order valence-corrected chi connectivity index (χ4v) is 2.44. The number of hydrogen-bond donors (Lipinski definition) is 0. The first kappa shape index (κ1) is 14.7. The number of fused-ring (bicyclic) bond motifs is 1. The maximum absolute atomic E-state index is 12.2. The van der Waals surface area contributed by atoms with Crippen molar-refractivity contribution in [2.24, 2.45) is 0 Å². The normalized spacial score (nSPS) is 12.9. The van der Waals surface area contributed by atoms with Gasteiger partial charge in [-0.15, -0.1) is 0 Å². The molecule has 0 unspecified atom stereocenters. The molecule has 102 valence electrons. The first-order valence-corrected chi connectivity index (χ1v) is 6.58. The van der Waals surface area contributed by atoms with Crippen molar-refractivity contribution in [2.45, 2.75) is 6.42 Å². The smallest absolute Gasteiger partial charge is 0.227 e. The van der Waals surface area contributed by atoms with Crippen molar-refractivity contribution in [1.29, 1.82) is 0 Å². The lowest BCUT2D eigenvalue weighted by Crippen LogP contribution is -3.00. The van der Waals surface area contributed by atoms with Crippen molar-refractivity contribution in [3.05, 3.63) is 71.3 Å². The van der Waals surface area contributed by atoms with E-state index in [2.05, 4.69) is 29.0 Å². The number of carbonyl (C=O) groups excluding carboxylic acids is 1. The van der Waals surface area contributed by atoms with E-state index in [-0.39, 0.29) is 22.8 Å². The molecule has 0 radical (unpaired) electrons. The van der Waals surface area contributed by atoms with Crippen LogP contribution in [0.25, 0.3) is 0 Å². The summed E-state index contributed by atoms with van der Waals surface area (Å²) in [5, 5.41) is 0. The Kier molecular flexibility index (Phi) is 4.85. The van der Waals surface area contributed by atoms with Crippen molar-refractivity contribution in [3.8, 4) is 0 Å². The quantitative estimate of drug-likeness (QED) is 0.552. The summed E-state index contributed by atoms with van der Waals surface area (Å²) in [6.45, 7) is 1.37. The van der Waals surface area contributed by atoms with E-state index >= 15 is 0 Å². The molecule has 0 N–H and O–H groups in total. The Morgan fingerprint density at radius 1 is 1.00 bits per heavy atom. The summed E-state index contributed by atoms with van der Waals surface area (Å²) in [7, 11) is 0. The van der Waals surface area contributed by atoms with Gasteiger partial charge in [-0.3, -0.25) is 4.79 Å². The average molecular weight is 330 g/mol. The number of nitrogens with zero attached hydrogens (tertiary/aromatic N) is 1. The molecule has 3 heteroatoms. The van der Waals surface area contributed by atoms with Crippen LogP contribution in [0.3, 0.4) is 0 Å². The lowest BCUT2D eigenvalue weighted by Gasteiger charge is -2.11. The molecule has 0 saturated heterocycles. The minimum Gasteiger partial charge on any atom is -1.00 e. The summed E-state index contributed by atoms with van der Waals surface area (Å²) < 4.78 is 2.11. The van der Waals surface area contributed by atoms with Gasteiger partial charge >= 0.3 is 0 Å². The van der Waals surface area contributed by atoms with Crippen LogP contribution in [0, 0.1) is 0 Å². The van der Waals surface area contributed by atoms with Gasteiger partial charge in [0.2, 0.25) is 12.3 Å². The van der Waals surface area contributed by atoms with Crippen LogP contribution in [0.15, 0.2) is 54.6 Å². The Labute approximate surface area is 129 Å². The number of hydrogen-bond acceptors (Lipinski definition) is 1. The number of ketones is 1. The Bertz CT molecular complexity index is 634. The van der Waals surface area contributed by atoms with E-state index in [0.717, 1.165) is 18.5 Å². The van der Waals surface area contributed by atoms with Crippen molar-refractivity contribution in [1.82, 2.24) is 0 Å². The van der Waals surface area contributed by atoms with E-state index in [1.807, 2.05) is 36.4 Å². The van der Waals surface area contributed by atoms with Gasteiger partial charge in [-0.1, -0.05) is 48.5 Å². The number of carbonyl (C=O) groups is 1. The molecule has 2 aromatic carbocycles. The first-order chi connectivity index (χ1) is 9.33. The summed E-state index contributed by atoms with van der Waals surface area (Å²) in [6, 6.07) is 17.9. The minimum absolute atomic E-state index is 0. The van der Waals surface area contributed by atoms with E-state index in [1.165, 1.54) is 11.1 Å². The molecule has 0 fully saturated rings. The molecule has 20 heavy (non-hydrogen) atoms. The summed E-state index contributed by atoms with van der Waals surface area (Å²) in [5.74, 6) is 0.177. The van der Waals surface area contributed by atoms with Crippen LogP contribution in [0.4, 0.5) is 0 Å². The van der Waals surface area contributed by atoms with Gasteiger partial charge in [-0.25, -0.2) is 4.58 Å². The summed E-state index contributed by atoms with van der Waals surface area (Å²) in [5.41, 5.74) is 3.38. The summed E-state index contributed by atoms with van der Waals surface area (Å²) in [4.78, 5) is 12.2. The standard InChI is InChI=1S/C17H16NO.BrH/c19-17(15-7-2-1-3-8-15)13-18-11-10-14-6-4-5-9-16(14)12-18;/h1-9,12H,10-11,13H2;1H/q+1;/p-1. The van der Waals surface area contributed by atoms with Gasteiger partial charge in [0.05, 0.1) is 0 Å². The van der Waals surface area contributed by atoms with Crippen LogP contribution < -0.4 is 17.0 Å². The number of halogens is 1. The van der Waals surface area contributed by atoms with E-state index in [1.54, 1.807) is 0 Å². The fraction of sp³-hybridized carbons (Fsp3) is 0.176. The van der Waals surface area contributed by atoms with Crippen LogP contribution in [0.2, 0.25) is 0 Å². The lowest BCUT2D eigenvalue weighted by molar-refractivity contribution is -0.510. The molecule has 2 nitrogen and oxygen atoms in total. The lowest BCUT2D eigenvalue weighted by atomic mass is 10.0. The van der Waals surface area contributed by atoms with E-state index in [0.29, 0.717) is 6.54 Å². The Balaban J connectivity index is 0.00000147. The molecule has 1 heterocycles. The highest BCUT2D eigenvalue weighted by atomic mass is 79.9. The van der Waals surface area contributed by atoms with Gasteiger partial charge in [0, 0.05) is 17.5 Å². The molecular weight excluding hydrogens is 314 g/mol. The van der Waals surface area contributed by atoms with Crippen molar-refractivity contribution in [2.75, 3.05) is 13.1 Å². The third kappa shape index (κ3) is 3.23. The minimum atomic E-state index is 0. The van der Waals surface area contributed by atoms with Crippen LogP contribution in [-0.2, 0) is 6.42 Å². The average Bonchev–Trinajstić information content (AvgIpc) is 2.48. The highest BCUT2D eigenvalue weighted by Crippen LogP contribution is 2.11. The predicted octanol–water partition coefficient (Wildman–Crippen LogP) is -0.439. The molecule has 0 spiro atoms. The molecule has 2 aromatic rings. The second-order valence-electron chi connectivity index (χ2n) is 4.84. The number of Topliss-reactive ketones (excluding diaryl/α,β-unsaturated/α-hetero) is 1. The van der Waals surface area contributed by atoms with Gasteiger partial charge in [-0.2, -0.15) is 0 Å². The van der Waals surface area contributed by atoms with Crippen LogP contribution in [-0.4, -0.2) is 29.7 Å². The zero-order valence-electron chi connectivity index (χ0n) is 11.1. The van der Waals surface area contributed by atoms with Gasteiger partial charge < -0.3 is 17.0 Å². The molecule has 0 aromatic heterocycles. The SMILES string of the molecule is O=C(C[N+]1=Cc2ccccc2CC1)c1ccccc1.[Br-]. The molecule has 0 atom stereocenters. The van der Waals surface area contributed by atoms with Crippen molar-refractivity contribution >= 4 is 12.0 Å². The van der Waals surface area contributed by atoms with E-state index in [9.17, 15) is 4.79 Å². The molecule has 0 bridgehead atoms. The Morgan fingerprint density at radius 2 is 1.70 bits per heavy atom. The van der Waals surface area contributed by atoms with Crippen molar-refractivity contribution in [3.63, 3.8) is 0 Å². The maximum Gasteiger partial charge on any atom is 0.227 e. The maximum atomic E-state index is 12.2. The first-order valence-electron chi connectivity index (χ1n) is 6.58. The third-order valence-corrected chi connectivity index (χ3v) is 3.49. The Morgan fingerprint density at radius 3 is 2.50 bits per heavy atom. The van der Waals surface area contributed by atoms with Gasteiger partial charge in [0.25, 0.3) is 0 Å². The fourth-order valence-electron chi connectivity index (χ4n) is 2.44. The number of benzene rings is 2. The van der Waals surface area contributed by atoms with Gasteiger partial charge in [0.1, 0.15) is 6.54 Å². The van der Waals surface area contributed by atoms with Crippen LogP contribution >= 0.6 is 0 Å². The summed E-state index contributed by atoms with van der Waals surface area (Å²) >= 11 is 0. The molecule has 0 saturated carbocycles. The zero-order valence-corrected chi connectivity index (χ0v) is 12.7. The molecule has 1 aliphatic heterocycles. The van der Waals surface area contributed by atoms with Gasteiger partial charge in [0.15, 0.2) is 6.21 Å². The summed E-state index contributed by atoms with van der Waals surface area (Å²) in [6.07, 6.45) is 3.11. The molecule has 0 amide bonds. The van der Waals surface area contributed by atoms with Crippen LogP contribution in [0.5, 0.6) is 0 Å². The monoisotopic (exact) mass is 329 g/mol. The molecule has 3 rings (SSSR count). The molecule has 1 aliphatic rings. The predicted molar refractivity (Wildman–Crippen MR) is 76.1 cm³/mol. The zero-order chi connectivity index (χ0) is 13.1. The largest absolute Gasteiger partial charge is 1.00 e. The second kappa shape index (κ2) is 6.62. The molecule has 0 aliphatic carbocycles. The molecular formula is C17H16BrNO. The highest BCUT2D eigenvalue weighted by Gasteiger charge is 2.18. The third-order valence-electron chi connectivity index (χ3n) is 3.49. The highest BCUT2D eigenvalue weighted by molar-refractivity contribution is 5.97. The van der Waals surface area contributed by atoms with Crippen LogP contribution in [0.1, 0.15) is 21.5 Å². The van der Waals surface area contributed by atoms with E-state index in [4.69, 9.17) is 0 Å².